The van der Waals surface area contributed by atoms with Crippen molar-refractivity contribution in [3.8, 4) is 0 Å². The van der Waals surface area contributed by atoms with Gasteiger partial charge < -0.3 is 58.3 Å². The van der Waals surface area contributed by atoms with E-state index in [1.165, 1.54) is 0 Å². The van der Waals surface area contributed by atoms with Crippen molar-refractivity contribution in [2.75, 3.05) is 24.6 Å². The van der Waals surface area contributed by atoms with Crippen LogP contribution in [0.1, 0.15) is 118 Å². The van der Waals surface area contributed by atoms with Crippen molar-refractivity contribution in [1.82, 2.24) is 37.2 Å². The first-order chi connectivity index (χ1) is 33.0. The van der Waals surface area contributed by atoms with Crippen molar-refractivity contribution in [3.63, 3.8) is 0 Å². The first kappa shape index (κ1) is 60.2. The van der Waals surface area contributed by atoms with Crippen molar-refractivity contribution in [2.45, 2.75) is 144 Å². The van der Waals surface area contributed by atoms with Gasteiger partial charge in [-0.3, -0.25) is 19.2 Å². The van der Waals surface area contributed by atoms with Gasteiger partial charge in [0.25, 0.3) is 11.8 Å². The Bertz CT molecular complexity index is 2040. The number of nitrogens with two attached hydrogens (primary N) is 1. The topological polar surface area (TPSA) is 307 Å². The average Bonchev–Trinajstić information content (AvgIpc) is 4.08. The number of benzene rings is 2. The van der Waals surface area contributed by atoms with Crippen LogP contribution < -0.4 is 43.0 Å². The first-order valence-corrected chi connectivity index (χ1v) is 27.4. The second kappa shape index (κ2) is 32.1. The SMILES string of the molecule is C.NCCCCC(NC(=O)c1ccc(I)cc1)C(=O)O.O=C(CCCCC1SCC2NC(=O)NC21)NCCCCC(NC(=O)c1ccc(I)cc1)C(=O)O.O=C(O)CCCCC1SCC2NC(=O)NC21. The van der Waals surface area contributed by atoms with Gasteiger partial charge in [-0.05, 0) is 164 Å². The number of carboxylic acids is 3. The molecular weight excluding hydrogens is 1170 g/mol. The molecule has 8 unspecified atom stereocenters. The van der Waals surface area contributed by atoms with Crippen molar-refractivity contribution in [1.29, 1.82) is 0 Å². The number of unbranched alkanes of at least 4 members (excludes halogenated alkanes) is 4. The summed E-state index contributed by atoms with van der Waals surface area (Å²) < 4.78 is 2.01. The number of carbonyl (C=O) groups is 8. The lowest BCUT2D eigenvalue weighted by Crippen LogP contribution is -2.40. The minimum Gasteiger partial charge on any atom is -0.481 e. The summed E-state index contributed by atoms with van der Waals surface area (Å²) >= 11 is 8.02. The summed E-state index contributed by atoms with van der Waals surface area (Å²) in [6.07, 6.45) is 9.39. The Kier molecular flexibility index (Phi) is 27.6. The number of rotatable bonds is 25. The van der Waals surface area contributed by atoms with Gasteiger partial charge >= 0.3 is 30.0 Å². The maximum Gasteiger partial charge on any atom is 0.326 e. The molecule has 19 nitrogen and oxygen atoms in total. The molecule has 4 heterocycles. The summed E-state index contributed by atoms with van der Waals surface area (Å²) in [5.41, 5.74) is 6.25. The highest BCUT2D eigenvalue weighted by Crippen LogP contribution is 2.34. The molecule has 0 radical (unpaired) electrons. The van der Waals surface area contributed by atoms with E-state index < -0.39 is 35.9 Å². The van der Waals surface area contributed by atoms with Crippen LogP contribution >= 0.6 is 68.7 Å². The van der Waals surface area contributed by atoms with Crippen molar-refractivity contribution < 1.29 is 53.7 Å². The summed E-state index contributed by atoms with van der Waals surface area (Å²) in [6.45, 7) is 1.01. The Morgan fingerprint density at radius 2 is 1.04 bits per heavy atom. The summed E-state index contributed by atoms with van der Waals surface area (Å²) in [5, 5.41) is 47.5. The fraction of sp³-hybridized carbons (Fsp3) is 0.574. The summed E-state index contributed by atoms with van der Waals surface area (Å²) in [4.78, 5) is 91.7. The summed E-state index contributed by atoms with van der Waals surface area (Å²) in [6, 6.07) is 12.8. The zero-order valence-corrected chi connectivity index (χ0v) is 44.2. The number of halogens is 2. The highest BCUT2D eigenvalue weighted by atomic mass is 127. The largest absolute Gasteiger partial charge is 0.481 e. The maximum absolute atomic E-state index is 12.3. The van der Waals surface area contributed by atoms with Crippen LogP contribution in [-0.4, -0.2) is 134 Å². The van der Waals surface area contributed by atoms with Crippen LogP contribution in [0.2, 0.25) is 0 Å². The van der Waals surface area contributed by atoms with Crippen LogP contribution in [-0.2, 0) is 19.2 Å². The van der Waals surface area contributed by atoms with E-state index in [9.17, 15) is 43.5 Å². The Labute approximate surface area is 445 Å². The highest BCUT2D eigenvalue weighted by Gasteiger charge is 2.43. The van der Waals surface area contributed by atoms with Crippen molar-refractivity contribution >= 4 is 116 Å². The van der Waals surface area contributed by atoms with E-state index in [1.807, 2.05) is 23.5 Å². The molecule has 4 aliphatic heterocycles. The van der Waals surface area contributed by atoms with Gasteiger partial charge in [-0.15, -0.1) is 0 Å². The lowest BCUT2D eigenvalue weighted by molar-refractivity contribution is -0.140. The number of carbonyl (C=O) groups excluding carboxylic acids is 5. The zero-order chi connectivity index (χ0) is 50.3. The molecule has 0 aliphatic carbocycles. The monoisotopic (exact) mass is 1240 g/mol. The van der Waals surface area contributed by atoms with E-state index in [0.717, 1.165) is 63.6 Å². The highest BCUT2D eigenvalue weighted by molar-refractivity contribution is 14.1. The molecule has 2 aromatic rings. The molecule has 7 amide bonds. The molecule has 8 atom stereocenters. The van der Waals surface area contributed by atoms with Gasteiger partial charge in [-0.1, -0.05) is 20.3 Å². The zero-order valence-electron chi connectivity index (χ0n) is 38.2. The standard InChI is InChI=1S/C23H31IN4O5S.C13H17IN2O3.C10H16N2O3S.CH4/c24-15-10-8-14(9-11-15)21(30)26-16(22(31)32)5-3-4-12-25-19(29)7-2-1-6-18-20-17(13-34-18)27-23(33)28-20;14-10-6-4-9(5-7-10)12(17)16-11(13(18)19)3-1-2-8-15;13-8(14)4-2-1-3-7-9-6(5-16-7)11-10(15)12-9;/h8-11,16-18,20H,1-7,12-13H2,(H,25,29)(H,26,30)(H,31,32)(H2,27,28,33);4-7,11H,1-3,8,15H2,(H,16,17)(H,18,19);6-7,9H,1-5H2,(H,13,14)(H2,11,12,15);1H4. The second-order valence-corrected chi connectivity index (χ2v) is 22.0. The van der Waals surface area contributed by atoms with Crippen LogP contribution in [0.15, 0.2) is 48.5 Å². The van der Waals surface area contributed by atoms with Crippen LogP contribution in [0.4, 0.5) is 9.59 Å². The summed E-state index contributed by atoms with van der Waals surface area (Å²) in [7, 11) is 0. The fourth-order valence-corrected chi connectivity index (χ4v) is 11.8. The lowest BCUT2D eigenvalue weighted by Gasteiger charge is -2.16. The number of urea groups is 2. The normalized spacial score (nSPS) is 21.1. The molecule has 4 aliphatic rings. The van der Waals surface area contributed by atoms with Crippen LogP contribution in [0.25, 0.3) is 0 Å². The predicted molar refractivity (Wildman–Crippen MR) is 288 cm³/mol. The van der Waals surface area contributed by atoms with Gasteiger partial charge in [0.05, 0.1) is 24.2 Å². The number of aliphatic carboxylic acids is 3. The molecule has 4 saturated heterocycles. The number of hydrogen-bond acceptors (Lipinski definition) is 11. The molecule has 0 bridgehead atoms. The van der Waals surface area contributed by atoms with Crippen LogP contribution in [0.3, 0.4) is 0 Å². The van der Waals surface area contributed by atoms with Gasteiger partial charge in [0, 0.05) is 59.7 Å². The van der Waals surface area contributed by atoms with E-state index >= 15 is 0 Å². The van der Waals surface area contributed by atoms with Gasteiger partial charge in [0.2, 0.25) is 5.91 Å². The number of hydrogen-bond donors (Lipinski definition) is 11. The van der Waals surface area contributed by atoms with E-state index in [4.69, 9.17) is 15.9 Å². The fourth-order valence-electron chi connectivity index (χ4n) is 8.02. The van der Waals surface area contributed by atoms with Gasteiger partial charge in [-0.25, -0.2) is 19.2 Å². The average molecular weight is 1240 g/mol. The van der Waals surface area contributed by atoms with Gasteiger partial charge in [-0.2, -0.15) is 23.5 Å². The second-order valence-electron chi connectivity index (χ2n) is 17.0. The first-order valence-electron chi connectivity index (χ1n) is 23.2. The molecule has 388 valence electrons. The van der Waals surface area contributed by atoms with E-state index in [0.29, 0.717) is 73.2 Å². The molecule has 0 spiro atoms. The number of amides is 7. The van der Waals surface area contributed by atoms with Crippen LogP contribution in [0.5, 0.6) is 0 Å². The van der Waals surface area contributed by atoms with E-state index in [2.05, 4.69) is 82.4 Å². The molecule has 2 aromatic carbocycles. The van der Waals surface area contributed by atoms with E-state index in [1.54, 1.807) is 48.5 Å². The van der Waals surface area contributed by atoms with E-state index in [-0.39, 0.29) is 61.9 Å². The number of carboxylic acid groups (broad SMARTS) is 3. The number of fused-ring (bicyclic) bond motifs is 2. The Morgan fingerprint density at radius 1 is 0.614 bits per heavy atom. The molecular formula is C47H68I2N8O11S2. The Balaban J connectivity index is 0.000000304. The quantitative estimate of drug-likeness (QED) is 0.0332. The molecule has 23 heteroatoms. The van der Waals surface area contributed by atoms with Crippen LogP contribution in [0, 0.1) is 7.14 Å². The molecule has 12 N–H and O–H groups in total. The Hall–Kier alpha value is -4.08. The van der Waals surface area contributed by atoms with Gasteiger partial charge in [0.15, 0.2) is 0 Å². The van der Waals surface area contributed by atoms with Gasteiger partial charge in [0.1, 0.15) is 12.1 Å². The third kappa shape index (κ3) is 21.3. The van der Waals surface area contributed by atoms with Crippen molar-refractivity contribution in [2.24, 2.45) is 5.73 Å². The molecule has 4 fully saturated rings. The smallest absolute Gasteiger partial charge is 0.326 e. The third-order valence-electron chi connectivity index (χ3n) is 11.8. The molecule has 0 saturated carbocycles. The lowest BCUT2D eigenvalue weighted by atomic mass is 10.0. The maximum atomic E-state index is 12.3. The Morgan fingerprint density at radius 3 is 1.46 bits per heavy atom. The molecule has 0 aromatic heterocycles. The third-order valence-corrected chi connectivity index (χ3v) is 16.2. The number of nitrogens with one attached hydrogen (secondary N) is 7. The molecule has 6 rings (SSSR count). The molecule has 70 heavy (non-hydrogen) atoms. The minimum absolute atomic E-state index is 0. The van der Waals surface area contributed by atoms with Crippen molar-refractivity contribution in [3.05, 3.63) is 66.8 Å². The minimum atomic E-state index is -1.07. The predicted octanol–water partition coefficient (Wildman–Crippen LogP) is 5.52. The number of thioether (sulfide) groups is 2. The summed E-state index contributed by atoms with van der Waals surface area (Å²) in [5.74, 6) is -1.69.